The molecule has 90 valence electrons. The van der Waals surface area contributed by atoms with Crippen molar-refractivity contribution in [2.24, 2.45) is 11.3 Å². The van der Waals surface area contributed by atoms with Crippen molar-refractivity contribution in [3.63, 3.8) is 0 Å². The van der Waals surface area contributed by atoms with E-state index in [1.165, 1.54) is 42.9 Å². The van der Waals surface area contributed by atoms with Crippen molar-refractivity contribution in [2.45, 2.75) is 59.8 Å². The Morgan fingerprint density at radius 2 is 1.94 bits per heavy atom. The van der Waals surface area contributed by atoms with Crippen molar-refractivity contribution >= 4 is 0 Å². The summed E-state index contributed by atoms with van der Waals surface area (Å²) in [5.74, 6) is 1.87. The predicted octanol–water partition coefficient (Wildman–Crippen LogP) is 3.51. The molecule has 2 heteroatoms. The zero-order valence-electron chi connectivity index (χ0n) is 11.1. The van der Waals surface area contributed by atoms with E-state index in [0.717, 1.165) is 6.42 Å². The third kappa shape index (κ3) is 2.47. The average Bonchev–Trinajstić information content (AvgIpc) is 2.58. The zero-order valence-corrected chi connectivity index (χ0v) is 11.1. The van der Waals surface area contributed by atoms with Crippen LogP contribution in [0.15, 0.2) is 0 Å². The minimum absolute atomic E-state index is 0.368. The van der Waals surface area contributed by atoms with Crippen molar-refractivity contribution < 1.29 is 0 Å². The summed E-state index contributed by atoms with van der Waals surface area (Å²) in [6.45, 7) is 9.24. The van der Waals surface area contributed by atoms with E-state index in [9.17, 15) is 0 Å². The summed E-state index contributed by atoms with van der Waals surface area (Å²) in [5, 5.41) is 0. The smallest absolute Gasteiger partial charge is 0.106 e. The maximum absolute atomic E-state index is 4.75. The Bertz CT molecular complexity index is 334. The van der Waals surface area contributed by atoms with Gasteiger partial charge in [-0.25, -0.2) is 4.98 Å². The first kappa shape index (κ1) is 11.7. The molecule has 1 aliphatic carbocycles. The number of hydrogen-bond donors (Lipinski definition) is 1. The molecular weight excluding hydrogens is 196 g/mol. The number of nitrogens with zero attached hydrogens (tertiary/aromatic N) is 1. The Kier molecular flexibility index (Phi) is 3.09. The summed E-state index contributed by atoms with van der Waals surface area (Å²) in [6, 6.07) is 0. The molecule has 0 spiro atoms. The van der Waals surface area contributed by atoms with E-state index in [4.69, 9.17) is 4.98 Å². The number of rotatable bonds is 2. The number of imidazole rings is 1. The molecule has 1 aromatic rings. The van der Waals surface area contributed by atoms with E-state index < -0.39 is 0 Å². The van der Waals surface area contributed by atoms with Crippen molar-refractivity contribution in [1.82, 2.24) is 9.97 Å². The largest absolute Gasteiger partial charge is 0.346 e. The Labute approximate surface area is 98.9 Å². The standard InChI is InChI=1S/C14H24N2/c1-10(14(2,3)4)9-13-15-11-7-5-6-8-12(11)16-13/h10H,5-9H2,1-4H3,(H,15,16). The van der Waals surface area contributed by atoms with Crippen molar-refractivity contribution in [3.8, 4) is 0 Å². The van der Waals surface area contributed by atoms with Crippen LogP contribution in [0.5, 0.6) is 0 Å². The summed E-state index contributed by atoms with van der Waals surface area (Å²) in [4.78, 5) is 8.27. The number of aromatic amines is 1. The molecule has 0 fully saturated rings. The van der Waals surface area contributed by atoms with Gasteiger partial charge in [-0.3, -0.25) is 0 Å². The number of H-pyrrole nitrogens is 1. The van der Waals surface area contributed by atoms with Gasteiger partial charge in [-0.15, -0.1) is 0 Å². The fourth-order valence-corrected chi connectivity index (χ4v) is 2.21. The van der Waals surface area contributed by atoms with Crippen LogP contribution in [0.25, 0.3) is 0 Å². The van der Waals surface area contributed by atoms with Gasteiger partial charge in [0.15, 0.2) is 0 Å². The fourth-order valence-electron chi connectivity index (χ4n) is 2.21. The average molecular weight is 220 g/mol. The highest BCUT2D eigenvalue weighted by atomic mass is 14.9. The zero-order chi connectivity index (χ0) is 11.8. The van der Waals surface area contributed by atoms with Crippen molar-refractivity contribution in [3.05, 3.63) is 17.2 Å². The van der Waals surface area contributed by atoms with Gasteiger partial charge in [-0.05, 0) is 37.0 Å². The van der Waals surface area contributed by atoms with Gasteiger partial charge in [-0.1, -0.05) is 27.7 Å². The van der Waals surface area contributed by atoms with Crippen LogP contribution in [0.4, 0.5) is 0 Å². The molecule has 1 unspecified atom stereocenters. The first-order valence-corrected chi connectivity index (χ1v) is 6.53. The van der Waals surface area contributed by atoms with E-state index in [0.29, 0.717) is 11.3 Å². The predicted molar refractivity (Wildman–Crippen MR) is 67.6 cm³/mol. The molecule has 0 radical (unpaired) electrons. The minimum Gasteiger partial charge on any atom is -0.346 e. The van der Waals surface area contributed by atoms with Gasteiger partial charge in [0, 0.05) is 12.1 Å². The topological polar surface area (TPSA) is 28.7 Å². The highest BCUT2D eigenvalue weighted by molar-refractivity contribution is 5.17. The summed E-state index contributed by atoms with van der Waals surface area (Å²) in [5.41, 5.74) is 3.11. The SMILES string of the molecule is CC(Cc1nc2c([nH]1)CCCC2)C(C)(C)C. The van der Waals surface area contributed by atoms with Crippen LogP contribution < -0.4 is 0 Å². The number of aromatic nitrogens is 2. The molecule has 2 rings (SSSR count). The molecule has 0 saturated carbocycles. The number of nitrogens with one attached hydrogen (secondary N) is 1. The first-order chi connectivity index (χ1) is 7.47. The van der Waals surface area contributed by atoms with E-state index in [-0.39, 0.29) is 0 Å². The molecule has 16 heavy (non-hydrogen) atoms. The van der Waals surface area contributed by atoms with Crippen molar-refractivity contribution in [1.29, 1.82) is 0 Å². The van der Waals surface area contributed by atoms with Gasteiger partial charge >= 0.3 is 0 Å². The van der Waals surface area contributed by atoms with Crippen molar-refractivity contribution in [2.75, 3.05) is 0 Å². The molecule has 1 aliphatic rings. The van der Waals surface area contributed by atoms with Crippen LogP contribution in [-0.2, 0) is 19.3 Å². The lowest BCUT2D eigenvalue weighted by atomic mass is 9.80. The van der Waals surface area contributed by atoms with Gasteiger partial charge in [0.25, 0.3) is 0 Å². The lowest BCUT2D eigenvalue weighted by molar-refractivity contribution is 0.257. The monoisotopic (exact) mass is 220 g/mol. The molecule has 0 saturated heterocycles. The maximum Gasteiger partial charge on any atom is 0.106 e. The molecule has 0 amide bonds. The second kappa shape index (κ2) is 4.23. The molecule has 1 atom stereocenters. The molecule has 0 aromatic carbocycles. The summed E-state index contributed by atoms with van der Waals surface area (Å²) >= 11 is 0. The molecule has 1 aromatic heterocycles. The van der Waals surface area contributed by atoms with Crippen LogP contribution in [0.2, 0.25) is 0 Å². The second-order valence-electron chi connectivity index (χ2n) is 6.29. The van der Waals surface area contributed by atoms with E-state index in [1.54, 1.807) is 0 Å². The fraction of sp³-hybridized carbons (Fsp3) is 0.786. The van der Waals surface area contributed by atoms with E-state index in [1.807, 2.05) is 0 Å². The Morgan fingerprint density at radius 1 is 1.25 bits per heavy atom. The summed E-state index contributed by atoms with van der Waals surface area (Å²) in [6.07, 6.45) is 6.09. The number of fused-ring (bicyclic) bond motifs is 1. The minimum atomic E-state index is 0.368. The quantitative estimate of drug-likeness (QED) is 0.811. The van der Waals surface area contributed by atoms with Gasteiger partial charge in [0.05, 0.1) is 5.69 Å². The second-order valence-corrected chi connectivity index (χ2v) is 6.29. The first-order valence-electron chi connectivity index (χ1n) is 6.53. The number of hydrogen-bond acceptors (Lipinski definition) is 1. The summed E-state index contributed by atoms with van der Waals surface area (Å²) < 4.78 is 0. The molecule has 1 heterocycles. The van der Waals surface area contributed by atoms with Crippen LogP contribution in [0.1, 0.15) is 57.7 Å². The van der Waals surface area contributed by atoms with Crippen LogP contribution in [0, 0.1) is 11.3 Å². The van der Waals surface area contributed by atoms with Crippen LogP contribution >= 0.6 is 0 Å². The molecular formula is C14H24N2. The summed E-state index contributed by atoms with van der Waals surface area (Å²) in [7, 11) is 0. The van der Waals surface area contributed by atoms with E-state index >= 15 is 0 Å². The van der Waals surface area contributed by atoms with E-state index in [2.05, 4.69) is 32.7 Å². The normalized spacial score (nSPS) is 18.2. The maximum atomic E-state index is 4.75. The molecule has 0 bridgehead atoms. The third-order valence-electron chi connectivity index (χ3n) is 3.98. The van der Waals surface area contributed by atoms with Gasteiger partial charge in [0.2, 0.25) is 0 Å². The highest BCUT2D eigenvalue weighted by Crippen LogP contribution is 2.28. The van der Waals surface area contributed by atoms with Gasteiger partial charge in [0.1, 0.15) is 5.82 Å². The van der Waals surface area contributed by atoms with Crippen LogP contribution in [-0.4, -0.2) is 9.97 Å². The molecule has 0 aliphatic heterocycles. The van der Waals surface area contributed by atoms with Crippen LogP contribution in [0.3, 0.4) is 0 Å². The van der Waals surface area contributed by atoms with Gasteiger partial charge < -0.3 is 4.98 Å². The Balaban J connectivity index is 2.08. The third-order valence-corrected chi connectivity index (χ3v) is 3.98. The lowest BCUT2D eigenvalue weighted by Crippen LogP contribution is -2.19. The Hall–Kier alpha value is -0.790. The number of aryl methyl sites for hydroxylation is 2. The Morgan fingerprint density at radius 3 is 2.56 bits per heavy atom. The van der Waals surface area contributed by atoms with Gasteiger partial charge in [-0.2, -0.15) is 0 Å². The molecule has 1 N–H and O–H groups in total. The highest BCUT2D eigenvalue weighted by Gasteiger charge is 2.22. The lowest BCUT2D eigenvalue weighted by Gasteiger charge is -2.26. The molecule has 2 nitrogen and oxygen atoms in total.